The van der Waals surface area contributed by atoms with Crippen molar-refractivity contribution in [1.29, 1.82) is 0 Å². The molecule has 1 aliphatic rings. The van der Waals surface area contributed by atoms with Gasteiger partial charge in [0.2, 0.25) is 0 Å². The molecule has 0 radical (unpaired) electrons. The standard InChI is InChI=1S/C20H30F3N3O3.HI/c1-24-19(25-11-6-12-28-14-20(21,22)23)26-13-15-7-5-10-17(27-2)18(15)29-16-8-3-4-9-16;/h5,7,10,16H,3-4,6,8-9,11-14H2,1-2H3,(H2,24,25,26);1H. The molecule has 6 nitrogen and oxygen atoms in total. The number of hydrogen-bond donors (Lipinski definition) is 2. The maximum absolute atomic E-state index is 12.0. The van der Waals surface area contributed by atoms with E-state index in [0.29, 0.717) is 31.2 Å². The predicted octanol–water partition coefficient (Wildman–Crippen LogP) is 4.27. The van der Waals surface area contributed by atoms with Gasteiger partial charge >= 0.3 is 6.18 Å². The Morgan fingerprint density at radius 2 is 1.93 bits per heavy atom. The minimum Gasteiger partial charge on any atom is -0.493 e. The highest BCUT2D eigenvalue weighted by Crippen LogP contribution is 2.34. The first-order chi connectivity index (χ1) is 13.9. The molecule has 1 saturated carbocycles. The van der Waals surface area contributed by atoms with Gasteiger partial charge in [0, 0.05) is 32.3 Å². The lowest BCUT2D eigenvalue weighted by molar-refractivity contribution is -0.173. The number of guanidine groups is 1. The molecule has 1 fully saturated rings. The van der Waals surface area contributed by atoms with Gasteiger partial charge in [-0.25, -0.2) is 0 Å². The Balaban J connectivity index is 0.00000450. The molecule has 10 heteroatoms. The van der Waals surface area contributed by atoms with Gasteiger partial charge in [-0.2, -0.15) is 13.2 Å². The van der Waals surface area contributed by atoms with E-state index in [2.05, 4.69) is 20.4 Å². The molecular formula is C20H31F3IN3O3. The maximum atomic E-state index is 12.0. The zero-order chi connectivity index (χ0) is 21.1. The van der Waals surface area contributed by atoms with E-state index < -0.39 is 12.8 Å². The summed E-state index contributed by atoms with van der Waals surface area (Å²) in [6, 6.07) is 5.76. The number of para-hydroxylation sites is 1. The molecule has 0 aromatic heterocycles. The van der Waals surface area contributed by atoms with Crippen molar-refractivity contribution in [3.05, 3.63) is 23.8 Å². The summed E-state index contributed by atoms with van der Waals surface area (Å²) in [7, 11) is 3.26. The van der Waals surface area contributed by atoms with E-state index in [1.807, 2.05) is 18.2 Å². The number of nitrogens with zero attached hydrogens (tertiary/aromatic N) is 1. The lowest BCUT2D eigenvalue weighted by atomic mass is 10.1. The zero-order valence-electron chi connectivity index (χ0n) is 17.4. The van der Waals surface area contributed by atoms with Crippen LogP contribution in [0.15, 0.2) is 23.2 Å². The number of methoxy groups -OCH3 is 1. The Hall–Kier alpha value is -1.43. The molecule has 0 amide bonds. The van der Waals surface area contributed by atoms with Crippen LogP contribution in [-0.2, 0) is 11.3 Å². The fourth-order valence-corrected chi connectivity index (χ4v) is 3.14. The molecule has 0 heterocycles. The molecule has 2 N–H and O–H groups in total. The molecule has 172 valence electrons. The van der Waals surface area contributed by atoms with Crippen LogP contribution in [0, 0.1) is 0 Å². The molecule has 0 atom stereocenters. The van der Waals surface area contributed by atoms with Crippen molar-refractivity contribution in [2.24, 2.45) is 4.99 Å². The third-order valence-electron chi connectivity index (χ3n) is 4.56. The molecular weight excluding hydrogens is 514 g/mol. The lowest BCUT2D eigenvalue weighted by Gasteiger charge is -2.20. The molecule has 1 aliphatic carbocycles. The van der Waals surface area contributed by atoms with Crippen LogP contribution in [0.5, 0.6) is 11.5 Å². The number of hydrogen-bond acceptors (Lipinski definition) is 4. The smallest absolute Gasteiger partial charge is 0.411 e. The van der Waals surface area contributed by atoms with Crippen LogP contribution in [0.25, 0.3) is 0 Å². The first kappa shape index (κ1) is 26.6. The molecule has 1 aromatic rings. The number of halogens is 4. The van der Waals surface area contributed by atoms with Gasteiger partial charge in [0.1, 0.15) is 6.61 Å². The fourth-order valence-electron chi connectivity index (χ4n) is 3.14. The van der Waals surface area contributed by atoms with Crippen molar-refractivity contribution in [3.8, 4) is 11.5 Å². The summed E-state index contributed by atoms with van der Waals surface area (Å²) in [5.41, 5.74) is 0.952. The van der Waals surface area contributed by atoms with E-state index in [1.54, 1.807) is 14.2 Å². The second kappa shape index (κ2) is 13.8. The van der Waals surface area contributed by atoms with E-state index >= 15 is 0 Å². The minimum absolute atomic E-state index is 0. The monoisotopic (exact) mass is 545 g/mol. The van der Waals surface area contributed by atoms with Crippen LogP contribution in [0.2, 0.25) is 0 Å². The predicted molar refractivity (Wildman–Crippen MR) is 121 cm³/mol. The van der Waals surface area contributed by atoms with Crippen molar-refractivity contribution in [3.63, 3.8) is 0 Å². The van der Waals surface area contributed by atoms with Gasteiger partial charge in [-0.15, -0.1) is 24.0 Å². The molecule has 30 heavy (non-hydrogen) atoms. The number of alkyl halides is 3. The van der Waals surface area contributed by atoms with Crippen LogP contribution < -0.4 is 20.1 Å². The third kappa shape index (κ3) is 9.59. The first-order valence-electron chi connectivity index (χ1n) is 9.84. The maximum Gasteiger partial charge on any atom is 0.411 e. The van der Waals surface area contributed by atoms with Crippen molar-refractivity contribution in [2.75, 3.05) is 33.9 Å². The SMILES string of the molecule is CN=C(NCCCOCC(F)(F)F)NCc1cccc(OC)c1OC1CCCC1.I. The van der Waals surface area contributed by atoms with Gasteiger partial charge in [0.15, 0.2) is 17.5 Å². The zero-order valence-corrected chi connectivity index (χ0v) is 19.7. The number of rotatable bonds is 10. The quantitative estimate of drug-likeness (QED) is 0.199. The number of aliphatic imine (C=N–C) groups is 1. The van der Waals surface area contributed by atoms with E-state index in [-0.39, 0.29) is 36.7 Å². The lowest BCUT2D eigenvalue weighted by Crippen LogP contribution is -2.37. The van der Waals surface area contributed by atoms with Crippen molar-refractivity contribution in [2.45, 2.75) is 50.9 Å². The van der Waals surface area contributed by atoms with Crippen LogP contribution in [-0.4, -0.2) is 52.2 Å². The number of benzene rings is 1. The Bertz CT molecular complexity index is 654. The summed E-state index contributed by atoms with van der Waals surface area (Å²) in [6.45, 7) is -0.275. The summed E-state index contributed by atoms with van der Waals surface area (Å²) in [5, 5.41) is 6.26. The third-order valence-corrected chi connectivity index (χ3v) is 4.56. The number of nitrogens with one attached hydrogen (secondary N) is 2. The molecule has 0 unspecified atom stereocenters. The summed E-state index contributed by atoms with van der Waals surface area (Å²) in [6.07, 6.45) is 0.799. The van der Waals surface area contributed by atoms with Crippen molar-refractivity contribution >= 4 is 29.9 Å². The molecule has 0 bridgehead atoms. The Labute approximate surface area is 193 Å². The molecule has 0 spiro atoms. The topological polar surface area (TPSA) is 64.1 Å². The normalized spacial score (nSPS) is 14.9. The average molecular weight is 545 g/mol. The Morgan fingerprint density at radius 3 is 2.57 bits per heavy atom. The largest absolute Gasteiger partial charge is 0.493 e. The first-order valence-corrected chi connectivity index (χ1v) is 9.84. The van der Waals surface area contributed by atoms with Crippen LogP contribution >= 0.6 is 24.0 Å². The second-order valence-corrected chi connectivity index (χ2v) is 6.85. The van der Waals surface area contributed by atoms with E-state index in [9.17, 15) is 13.2 Å². The second-order valence-electron chi connectivity index (χ2n) is 6.85. The highest BCUT2D eigenvalue weighted by atomic mass is 127. The summed E-state index contributed by atoms with van der Waals surface area (Å²) in [5.74, 6) is 1.99. The van der Waals surface area contributed by atoms with E-state index in [4.69, 9.17) is 9.47 Å². The highest BCUT2D eigenvalue weighted by molar-refractivity contribution is 14.0. The highest BCUT2D eigenvalue weighted by Gasteiger charge is 2.27. The molecule has 0 aliphatic heterocycles. The van der Waals surface area contributed by atoms with E-state index in [0.717, 1.165) is 24.2 Å². The van der Waals surface area contributed by atoms with Gasteiger partial charge in [-0.3, -0.25) is 4.99 Å². The van der Waals surface area contributed by atoms with Gasteiger partial charge in [-0.05, 0) is 38.2 Å². The average Bonchev–Trinajstić information content (AvgIpc) is 3.20. The van der Waals surface area contributed by atoms with Gasteiger partial charge in [0.25, 0.3) is 0 Å². The van der Waals surface area contributed by atoms with Gasteiger partial charge in [-0.1, -0.05) is 12.1 Å². The van der Waals surface area contributed by atoms with Crippen LogP contribution in [0.4, 0.5) is 13.2 Å². The van der Waals surface area contributed by atoms with Gasteiger partial charge < -0.3 is 24.8 Å². The summed E-state index contributed by atoms with van der Waals surface area (Å²) in [4.78, 5) is 4.14. The summed E-state index contributed by atoms with van der Waals surface area (Å²) >= 11 is 0. The number of ether oxygens (including phenoxy) is 3. The van der Waals surface area contributed by atoms with Crippen LogP contribution in [0.3, 0.4) is 0 Å². The Kier molecular flexibility index (Phi) is 12.2. The van der Waals surface area contributed by atoms with Crippen LogP contribution in [0.1, 0.15) is 37.7 Å². The van der Waals surface area contributed by atoms with E-state index in [1.165, 1.54) is 12.8 Å². The fraction of sp³-hybridized carbons (Fsp3) is 0.650. The van der Waals surface area contributed by atoms with Crippen molar-refractivity contribution in [1.82, 2.24) is 10.6 Å². The minimum atomic E-state index is -4.29. The van der Waals surface area contributed by atoms with Gasteiger partial charge in [0.05, 0.1) is 13.2 Å². The molecule has 2 rings (SSSR count). The Morgan fingerprint density at radius 1 is 1.20 bits per heavy atom. The van der Waals surface area contributed by atoms with Crippen molar-refractivity contribution < 1.29 is 27.4 Å². The molecule has 0 saturated heterocycles. The summed E-state index contributed by atoms with van der Waals surface area (Å²) < 4.78 is 52.4. The molecule has 1 aromatic carbocycles.